The summed E-state index contributed by atoms with van der Waals surface area (Å²) in [6.07, 6.45) is 1.16. The summed E-state index contributed by atoms with van der Waals surface area (Å²) in [5.74, 6) is 0.390. The molecule has 1 spiro atoms. The Morgan fingerprint density at radius 3 is 2.24 bits per heavy atom. The molecule has 0 aliphatic carbocycles. The van der Waals surface area contributed by atoms with Gasteiger partial charge in [-0.1, -0.05) is 17.7 Å². The first-order valence-electron chi connectivity index (χ1n) is 9.60. The standard InChI is InChI=1S/C21H23FN2O3S2/c1-16-2-4-17(5-3-16)20(25)24-14-15-28-21(24)10-12-23(13-11-21)29(26,27)19-8-6-18(22)7-9-19/h2-9H,10-15H2,1H3. The lowest BCUT2D eigenvalue weighted by Crippen LogP contribution is -2.53. The Balaban J connectivity index is 1.50. The molecule has 4 rings (SSSR count). The monoisotopic (exact) mass is 434 g/mol. The minimum Gasteiger partial charge on any atom is -0.323 e. The van der Waals surface area contributed by atoms with Gasteiger partial charge in [-0.05, 0) is 56.2 Å². The summed E-state index contributed by atoms with van der Waals surface area (Å²) >= 11 is 1.74. The Labute approximate surface area is 174 Å². The summed E-state index contributed by atoms with van der Waals surface area (Å²) in [6, 6.07) is 12.5. The number of hydrogen-bond acceptors (Lipinski definition) is 4. The van der Waals surface area contributed by atoms with E-state index in [1.807, 2.05) is 36.1 Å². The molecule has 0 atom stereocenters. The van der Waals surface area contributed by atoms with Gasteiger partial charge in [-0.3, -0.25) is 4.79 Å². The van der Waals surface area contributed by atoms with Crippen LogP contribution in [0.25, 0.3) is 0 Å². The van der Waals surface area contributed by atoms with Crippen LogP contribution < -0.4 is 0 Å². The van der Waals surface area contributed by atoms with Gasteiger partial charge in [0.25, 0.3) is 5.91 Å². The first kappa shape index (κ1) is 20.4. The molecule has 2 fully saturated rings. The fourth-order valence-electron chi connectivity index (χ4n) is 3.99. The number of rotatable bonds is 3. The normalized spacial score (nSPS) is 19.6. The van der Waals surface area contributed by atoms with Crippen LogP contribution >= 0.6 is 11.8 Å². The molecule has 8 heteroatoms. The Bertz CT molecular complexity index is 999. The highest BCUT2D eigenvalue weighted by atomic mass is 32.2. The summed E-state index contributed by atoms with van der Waals surface area (Å²) < 4.78 is 40.4. The first-order valence-corrected chi connectivity index (χ1v) is 12.0. The van der Waals surface area contributed by atoms with Crippen LogP contribution in [0.3, 0.4) is 0 Å². The molecule has 2 heterocycles. The van der Waals surface area contributed by atoms with Crippen LogP contribution in [0.1, 0.15) is 28.8 Å². The maximum atomic E-state index is 13.1. The SMILES string of the molecule is Cc1ccc(C(=O)N2CCSC23CCN(S(=O)(=O)c2ccc(F)cc2)CC3)cc1. The van der Waals surface area contributed by atoms with Gasteiger partial charge in [-0.15, -0.1) is 11.8 Å². The highest BCUT2D eigenvalue weighted by Gasteiger charge is 2.48. The number of nitrogens with zero attached hydrogens (tertiary/aromatic N) is 2. The minimum atomic E-state index is -3.67. The predicted octanol–water partition coefficient (Wildman–Crippen LogP) is 3.50. The van der Waals surface area contributed by atoms with Crippen LogP contribution in [0.2, 0.25) is 0 Å². The third-order valence-electron chi connectivity index (χ3n) is 5.68. The number of thioether (sulfide) groups is 1. The van der Waals surface area contributed by atoms with Crippen molar-refractivity contribution in [1.29, 1.82) is 0 Å². The summed E-state index contributed by atoms with van der Waals surface area (Å²) in [5, 5.41) is 0. The Hall–Kier alpha value is -1.90. The van der Waals surface area contributed by atoms with Crippen LogP contribution in [0, 0.1) is 12.7 Å². The lowest BCUT2D eigenvalue weighted by molar-refractivity contribution is 0.0605. The topological polar surface area (TPSA) is 57.7 Å². The van der Waals surface area contributed by atoms with Gasteiger partial charge in [0, 0.05) is 31.0 Å². The van der Waals surface area contributed by atoms with E-state index in [-0.39, 0.29) is 15.7 Å². The molecule has 2 aliphatic rings. The summed E-state index contributed by atoms with van der Waals surface area (Å²) in [5.41, 5.74) is 1.77. The van der Waals surface area contributed by atoms with Crippen molar-refractivity contribution in [1.82, 2.24) is 9.21 Å². The number of piperidine rings is 1. The zero-order valence-corrected chi connectivity index (χ0v) is 17.8. The van der Waals surface area contributed by atoms with Crippen molar-refractivity contribution in [3.8, 4) is 0 Å². The second kappa shape index (κ2) is 7.74. The van der Waals surface area contributed by atoms with E-state index in [1.54, 1.807) is 11.8 Å². The smallest absolute Gasteiger partial charge is 0.254 e. The molecule has 0 N–H and O–H groups in total. The zero-order valence-electron chi connectivity index (χ0n) is 16.2. The van der Waals surface area contributed by atoms with Crippen molar-refractivity contribution in [2.75, 3.05) is 25.4 Å². The van der Waals surface area contributed by atoms with Crippen molar-refractivity contribution >= 4 is 27.7 Å². The number of carbonyl (C=O) groups is 1. The third kappa shape index (κ3) is 3.81. The molecule has 0 aromatic heterocycles. The molecule has 1 amide bonds. The van der Waals surface area contributed by atoms with E-state index in [4.69, 9.17) is 0 Å². The van der Waals surface area contributed by atoms with Gasteiger partial charge < -0.3 is 4.90 Å². The molecule has 0 unspecified atom stereocenters. The summed E-state index contributed by atoms with van der Waals surface area (Å²) in [7, 11) is -3.67. The molecule has 29 heavy (non-hydrogen) atoms. The maximum Gasteiger partial charge on any atom is 0.254 e. The molecule has 2 saturated heterocycles. The molecule has 154 valence electrons. The van der Waals surface area contributed by atoms with E-state index in [9.17, 15) is 17.6 Å². The highest BCUT2D eigenvalue weighted by molar-refractivity contribution is 8.00. The van der Waals surface area contributed by atoms with Crippen molar-refractivity contribution in [2.45, 2.75) is 29.5 Å². The second-order valence-electron chi connectivity index (χ2n) is 7.48. The van der Waals surface area contributed by atoms with Crippen molar-refractivity contribution < 1.29 is 17.6 Å². The number of aryl methyl sites for hydroxylation is 1. The lowest BCUT2D eigenvalue weighted by Gasteiger charge is -2.43. The summed E-state index contributed by atoms with van der Waals surface area (Å²) in [4.78, 5) is 14.8. The Morgan fingerprint density at radius 1 is 1.00 bits per heavy atom. The number of halogens is 1. The van der Waals surface area contributed by atoms with Crippen LogP contribution in [0.4, 0.5) is 4.39 Å². The highest BCUT2D eigenvalue weighted by Crippen LogP contribution is 2.45. The Morgan fingerprint density at radius 2 is 1.62 bits per heavy atom. The molecule has 2 aromatic rings. The fraction of sp³-hybridized carbons (Fsp3) is 0.381. The second-order valence-corrected chi connectivity index (χ2v) is 10.9. The number of carbonyl (C=O) groups excluding carboxylic acids is 1. The van der Waals surface area contributed by atoms with Gasteiger partial charge in [0.1, 0.15) is 5.82 Å². The van der Waals surface area contributed by atoms with Crippen molar-refractivity contribution in [2.24, 2.45) is 0 Å². The first-order chi connectivity index (χ1) is 13.8. The molecule has 2 aromatic carbocycles. The predicted molar refractivity (Wildman–Crippen MR) is 112 cm³/mol. The van der Waals surface area contributed by atoms with Gasteiger partial charge in [-0.2, -0.15) is 4.31 Å². The quantitative estimate of drug-likeness (QED) is 0.742. The molecule has 0 radical (unpaired) electrons. The van der Waals surface area contributed by atoms with Crippen LogP contribution in [0.15, 0.2) is 53.4 Å². The molecule has 5 nitrogen and oxygen atoms in total. The van der Waals surface area contributed by atoms with Gasteiger partial charge >= 0.3 is 0 Å². The van der Waals surface area contributed by atoms with Gasteiger partial charge in [0.2, 0.25) is 10.0 Å². The number of benzene rings is 2. The van der Waals surface area contributed by atoms with Crippen LogP contribution in [0.5, 0.6) is 0 Å². The summed E-state index contributed by atoms with van der Waals surface area (Å²) in [6.45, 7) is 3.33. The van der Waals surface area contributed by atoms with Crippen LogP contribution in [-0.2, 0) is 10.0 Å². The Kier molecular flexibility index (Phi) is 5.44. The third-order valence-corrected chi connectivity index (χ3v) is 9.14. The molecule has 0 saturated carbocycles. The van der Waals surface area contributed by atoms with E-state index in [0.717, 1.165) is 23.4 Å². The largest absolute Gasteiger partial charge is 0.323 e. The maximum absolute atomic E-state index is 13.1. The zero-order chi connectivity index (χ0) is 20.6. The number of sulfonamides is 1. The fourth-order valence-corrected chi connectivity index (χ4v) is 6.89. The van der Waals surface area contributed by atoms with E-state index < -0.39 is 15.8 Å². The lowest BCUT2D eigenvalue weighted by atomic mass is 10.0. The van der Waals surface area contributed by atoms with E-state index >= 15 is 0 Å². The van der Waals surface area contributed by atoms with E-state index in [0.29, 0.717) is 38.0 Å². The van der Waals surface area contributed by atoms with E-state index in [1.165, 1.54) is 16.4 Å². The van der Waals surface area contributed by atoms with Gasteiger partial charge in [-0.25, -0.2) is 12.8 Å². The number of amides is 1. The average Bonchev–Trinajstić information content (AvgIpc) is 3.11. The minimum absolute atomic E-state index is 0.00448. The van der Waals surface area contributed by atoms with Gasteiger partial charge in [0.15, 0.2) is 0 Å². The molecular formula is C21H23FN2O3S2. The van der Waals surface area contributed by atoms with Crippen molar-refractivity contribution in [3.63, 3.8) is 0 Å². The molecule has 0 bridgehead atoms. The van der Waals surface area contributed by atoms with Crippen molar-refractivity contribution in [3.05, 3.63) is 65.5 Å². The van der Waals surface area contributed by atoms with Crippen LogP contribution in [-0.4, -0.2) is 53.8 Å². The van der Waals surface area contributed by atoms with E-state index in [2.05, 4.69) is 0 Å². The number of hydrogen-bond donors (Lipinski definition) is 0. The molecule has 2 aliphatic heterocycles. The average molecular weight is 435 g/mol. The molecular weight excluding hydrogens is 411 g/mol. The van der Waals surface area contributed by atoms with Gasteiger partial charge in [0.05, 0.1) is 9.77 Å².